The van der Waals surface area contributed by atoms with E-state index >= 15 is 0 Å². The largest absolute Gasteiger partial charge is 0.486 e. The molecular weight excluding hydrogens is 248 g/mol. The highest BCUT2D eigenvalue weighted by Gasteiger charge is 2.14. The summed E-state index contributed by atoms with van der Waals surface area (Å²) in [6, 6.07) is 5.40. The number of nitrogens with zero attached hydrogens (tertiary/aromatic N) is 4. The fourth-order valence-electron chi connectivity index (χ4n) is 1.61. The maximum absolute atomic E-state index is 11.9. The van der Waals surface area contributed by atoms with Crippen LogP contribution in [0.4, 0.5) is 0 Å². The Morgan fingerprint density at radius 1 is 1.42 bits per heavy atom. The molecule has 7 heteroatoms. The SMILES string of the molecule is Cc1ccc(O[C@@H](C)CO)c(-n2nnn(C)c2=O)c1. The normalized spacial score (nSPS) is 12.4. The highest BCUT2D eigenvalue weighted by Crippen LogP contribution is 2.23. The molecule has 0 spiro atoms. The zero-order chi connectivity index (χ0) is 14.0. The van der Waals surface area contributed by atoms with Crippen LogP contribution in [0.15, 0.2) is 23.0 Å². The van der Waals surface area contributed by atoms with Gasteiger partial charge in [0.15, 0.2) is 0 Å². The highest BCUT2D eigenvalue weighted by atomic mass is 16.5. The average molecular weight is 264 g/mol. The van der Waals surface area contributed by atoms with Gasteiger partial charge in [-0.1, -0.05) is 6.07 Å². The zero-order valence-corrected chi connectivity index (χ0v) is 11.1. The van der Waals surface area contributed by atoms with Gasteiger partial charge in [0.25, 0.3) is 0 Å². The Bertz CT molecular complexity index is 632. The number of aliphatic hydroxyl groups excluding tert-OH is 1. The minimum atomic E-state index is -0.367. The van der Waals surface area contributed by atoms with Crippen LogP contribution >= 0.6 is 0 Å². The van der Waals surface area contributed by atoms with Crippen LogP contribution in [-0.2, 0) is 7.05 Å². The monoisotopic (exact) mass is 264 g/mol. The van der Waals surface area contributed by atoms with Crippen molar-refractivity contribution in [1.29, 1.82) is 0 Å². The molecule has 19 heavy (non-hydrogen) atoms. The van der Waals surface area contributed by atoms with Crippen molar-refractivity contribution in [2.45, 2.75) is 20.0 Å². The molecule has 0 aliphatic carbocycles. The highest BCUT2D eigenvalue weighted by molar-refractivity contribution is 5.48. The number of tetrazole rings is 1. The number of hydrogen-bond donors (Lipinski definition) is 1. The van der Waals surface area contributed by atoms with Gasteiger partial charge >= 0.3 is 5.69 Å². The molecule has 7 nitrogen and oxygen atoms in total. The topological polar surface area (TPSA) is 82.2 Å². The average Bonchev–Trinajstić information content (AvgIpc) is 2.72. The molecule has 1 atom stereocenters. The summed E-state index contributed by atoms with van der Waals surface area (Å²) in [6.45, 7) is 3.54. The molecule has 0 bridgehead atoms. The molecule has 2 aromatic rings. The summed E-state index contributed by atoms with van der Waals surface area (Å²) in [5.41, 5.74) is 1.13. The number of aliphatic hydroxyl groups is 1. The summed E-state index contributed by atoms with van der Waals surface area (Å²) < 4.78 is 7.90. The Kier molecular flexibility index (Phi) is 3.66. The predicted octanol–water partition coefficient (Wildman–Crippen LogP) is 0.0340. The molecule has 0 saturated heterocycles. The van der Waals surface area contributed by atoms with Gasteiger partial charge in [0, 0.05) is 7.05 Å². The first kappa shape index (κ1) is 13.3. The van der Waals surface area contributed by atoms with Crippen LogP contribution < -0.4 is 10.4 Å². The van der Waals surface area contributed by atoms with Crippen molar-refractivity contribution in [2.24, 2.45) is 7.05 Å². The van der Waals surface area contributed by atoms with Gasteiger partial charge in [-0.3, -0.25) is 0 Å². The molecule has 0 radical (unpaired) electrons. The van der Waals surface area contributed by atoms with E-state index in [-0.39, 0.29) is 18.4 Å². The third-order valence-corrected chi connectivity index (χ3v) is 2.65. The van der Waals surface area contributed by atoms with Gasteiger partial charge in [-0.15, -0.1) is 0 Å². The van der Waals surface area contributed by atoms with Crippen LogP contribution in [0.25, 0.3) is 5.69 Å². The number of hydrogen-bond acceptors (Lipinski definition) is 5. The lowest BCUT2D eigenvalue weighted by molar-refractivity contribution is 0.129. The fraction of sp³-hybridized carbons (Fsp3) is 0.417. The molecule has 0 aliphatic rings. The number of ether oxygens (including phenoxy) is 1. The Balaban J connectivity index is 2.52. The molecule has 0 fully saturated rings. The van der Waals surface area contributed by atoms with E-state index in [1.807, 2.05) is 13.0 Å². The quantitative estimate of drug-likeness (QED) is 0.842. The molecule has 1 aromatic heterocycles. The summed E-state index contributed by atoms with van der Waals surface area (Å²) in [6.07, 6.45) is -0.367. The molecule has 0 unspecified atom stereocenters. The number of rotatable bonds is 4. The molecule has 102 valence electrons. The van der Waals surface area contributed by atoms with E-state index in [2.05, 4.69) is 10.4 Å². The lowest BCUT2D eigenvalue weighted by atomic mass is 10.2. The Hall–Kier alpha value is -2.15. The summed E-state index contributed by atoms with van der Waals surface area (Å²) in [4.78, 5) is 11.9. The van der Waals surface area contributed by atoms with Crippen LogP contribution in [0.1, 0.15) is 12.5 Å². The van der Waals surface area contributed by atoms with Gasteiger partial charge in [-0.2, -0.15) is 9.36 Å². The molecule has 1 aromatic carbocycles. The molecule has 0 amide bonds. The van der Waals surface area contributed by atoms with E-state index in [1.54, 1.807) is 19.1 Å². The standard InChI is InChI=1S/C12H16N4O3/c1-8-4-5-11(19-9(2)7-17)10(6-8)16-12(18)15(3)13-14-16/h4-6,9,17H,7H2,1-3H3/t9-/m0/s1. The lowest BCUT2D eigenvalue weighted by Crippen LogP contribution is -2.24. The Labute approximate surface area is 110 Å². The summed E-state index contributed by atoms with van der Waals surface area (Å²) in [5, 5.41) is 16.5. The van der Waals surface area contributed by atoms with E-state index in [0.717, 1.165) is 10.2 Å². The van der Waals surface area contributed by atoms with Crippen LogP contribution in [0.3, 0.4) is 0 Å². The van der Waals surface area contributed by atoms with Crippen LogP contribution in [-0.4, -0.2) is 37.6 Å². The molecular formula is C12H16N4O3. The van der Waals surface area contributed by atoms with Gasteiger partial charge in [0.1, 0.15) is 17.5 Å². The van der Waals surface area contributed by atoms with Crippen LogP contribution in [0, 0.1) is 6.92 Å². The van der Waals surface area contributed by atoms with Gasteiger partial charge < -0.3 is 9.84 Å². The summed E-state index contributed by atoms with van der Waals surface area (Å²) in [7, 11) is 1.53. The van der Waals surface area contributed by atoms with Gasteiger partial charge in [0.05, 0.1) is 6.61 Å². The maximum atomic E-state index is 11.9. The Morgan fingerprint density at radius 3 is 2.74 bits per heavy atom. The molecule has 0 aliphatic heterocycles. The zero-order valence-electron chi connectivity index (χ0n) is 11.1. The number of benzene rings is 1. The fourth-order valence-corrected chi connectivity index (χ4v) is 1.61. The van der Waals surface area contributed by atoms with Crippen molar-refractivity contribution in [3.8, 4) is 11.4 Å². The lowest BCUT2D eigenvalue weighted by Gasteiger charge is -2.15. The number of aromatic nitrogens is 4. The second-order valence-electron chi connectivity index (χ2n) is 4.38. The van der Waals surface area contributed by atoms with Gasteiger partial charge in [-0.05, 0) is 42.0 Å². The van der Waals surface area contributed by atoms with Crippen molar-refractivity contribution < 1.29 is 9.84 Å². The number of aryl methyl sites for hydroxylation is 2. The first-order valence-corrected chi connectivity index (χ1v) is 5.90. The Morgan fingerprint density at radius 2 is 2.16 bits per heavy atom. The molecule has 0 saturated carbocycles. The molecule has 2 rings (SSSR count). The van der Waals surface area contributed by atoms with Crippen LogP contribution in [0.2, 0.25) is 0 Å². The van der Waals surface area contributed by atoms with Crippen molar-refractivity contribution in [3.05, 3.63) is 34.2 Å². The molecule has 1 heterocycles. The first-order chi connectivity index (χ1) is 9.02. The minimum Gasteiger partial charge on any atom is -0.486 e. The van der Waals surface area contributed by atoms with Crippen molar-refractivity contribution in [3.63, 3.8) is 0 Å². The third kappa shape index (κ3) is 2.65. The third-order valence-electron chi connectivity index (χ3n) is 2.65. The van der Waals surface area contributed by atoms with Crippen molar-refractivity contribution >= 4 is 0 Å². The maximum Gasteiger partial charge on any atom is 0.368 e. The summed E-state index contributed by atoms with van der Waals surface area (Å²) >= 11 is 0. The van der Waals surface area contributed by atoms with Crippen LogP contribution in [0.5, 0.6) is 5.75 Å². The summed E-state index contributed by atoms with van der Waals surface area (Å²) in [5.74, 6) is 0.481. The van der Waals surface area contributed by atoms with E-state index in [1.165, 1.54) is 11.7 Å². The van der Waals surface area contributed by atoms with E-state index in [0.29, 0.717) is 11.4 Å². The minimum absolute atomic E-state index is 0.108. The second kappa shape index (κ2) is 5.23. The van der Waals surface area contributed by atoms with E-state index in [4.69, 9.17) is 9.84 Å². The predicted molar refractivity (Wildman–Crippen MR) is 68.5 cm³/mol. The first-order valence-electron chi connectivity index (χ1n) is 5.90. The second-order valence-corrected chi connectivity index (χ2v) is 4.38. The smallest absolute Gasteiger partial charge is 0.368 e. The van der Waals surface area contributed by atoms with Crippen molar-refractivity contribution in [2.75, 3.05) is 6.61 Å². The van der Waals surface area contributed by atoms with Gasteiger partial charge in [0.2, 0.25) is 0 Å². The van der Waals surface area contributed by atoms with Crippen molar-refractivity contribution in [1.82, 2.24) is 19.8 Å². The van der Waals surface area contributed by atoms with Gasteiger partial charge in [-0.25, -0.2) is 4.79 Å². The van der Waals surface area contributed by atoms with E-state index in [9.17, 15) is 4.79 Å². The van der Waals surface area contributed by atoms with E-state index < -0.39 is 0 Å². The molecule has 1 N–H and O–H groups in total.